The number of carbonyl (C=O) groups excluding carboxylic acids is 1. The number of hydrogen-bond acceptors (Lipinski definition) is 6. The monoisotopic (exact) mass is 380 g/mol. The van der Waals surface area contributed by atoms with Crippen LogP contribution in [0.15, 0.2) is 47.7 Å². The Morgan fingerprint density at radius 2 is 2.15 bits per heavy atom. The number of ether oxygens (including phenoxy) is 1. The van der Waals surface area contributed by atoms with Gasteiger partial charge in [0.2, 0.25) is 5.91 Å². The summed E-state index contributed by atoms with van der Waals surface area (Å²) in [5.74, 6) is 0.229. The molecule has 0 atom stereocenters. The van der Waals surface area contributed by atoms with Crippen LogP contribution in [0, 0.1) is 6.92 Å². The average molecular weight is 380 g/mol. The first-order valence-electron chi connectivity index (χ1n) is 8.24. The number of nitrogens with zero attached hydrogens (tertiary/aromatic N) is 3. The number of fused-ring (bicyclic) bond motifs is 3. The van der Waals surface area contributed by atoms with Gasteiger partial charge in [0, 0.05) is 11.6 Å². The second-order valence-electron chi connectivity index (χ2n) is 6.07. The summed E-state index contributed by atoms with van der Waals surface area (Å²) in [5, 5.41) is 3.64. The Balaban J connectivity index is 1.64. The molecule has 1 N–H and O–H groups in total. The Labute approximate surface area is 158 Å². The van der Waals surface area contributed by atoms with Crippen molar-refractivity contribution in [3.8, 4) is 5.75 Å². The second-order valence-corrected chi connectivity index (χ2v) is 7.06. The zero-order chi connectivity index (χ0) is 19.0. The molecule has 3 aromatic heterocycles. The third-order valence-corrected chi connectivity index (χ3v) is 5.26. The van der Waals surface area contributed by atoms with E-state index in [-0.39, 0.29) is 18.0 Å². The van der Waals surface area contributed by atoms with Crippen LogP contribution in [0.2, 0.25) is 0 Å². The molecule has 1 aromatic carbocycles. The molecule has 0 fully saturated rings. The summed E-state index contributed by atoms with van der Waals surface area (Å²) >= 11 is 1.28. The first kappa shape index (κ1) is 17.2. The number of anilines is 1. The van der Waals surface area contributed by atoms with Crippen LogP contribution in [0.5, 0.6) is 5.75 Å². The molecule has 1 amide bonds. The van der Waals surface area contributed by atoms with E-state index in [1.54, 1.807) is 12.3 Å². The number of pyridine rings is 1. The highest BCUT2D eigenvalue weighted by molar-refractivity contribution is 7.25. The molecular formula is C19H16N4O3S. The van der Waals surface area contributed by atoms with Crippen LogP contribution in [-0.4, -0.2) is 27.6 Å². The van der Waals surface area contributed by atoms with E-state index in [4.69, 9.17) is 4.74 Å². The van der Waals surface area contributed by atoms with E-state index < -0.39 is 0 Å². The quantitative estimate of drug-likeness (QED) is 0.588. The van der Waals surface area contributed by atoms with Gasteiger partial charge in [0.15, 0.2) is 0 Å². The number of aromatic nitrogens is 3. The van der Waals surface area contributed by atoms with Crippen molar-refractivity contribution in [2.75, 3.05) is 12.4 Å². The number of benzene rings is 1. The summed E-state index contributed by atoms with van der Waals surface area (Å²) in [5.41, 5.74) is 1.92. The average Bonchev–Trinajstić information content (AvgIpc) is 3.04. The van der Waals surface area contributed by atoms with Gasteiger partial charge in [0.25, 0.3) is 5.56 Å². The highest BCUT2D eigenvalue weighted by Gasteiger charge is 2.14. The molecule has 136 valence electrons. The molecule has 0 aliphatic carbocycles. The standard InChI is InChI=1S/C19H16N4O3S/c1-11-5-6-14(26-2)13(8-11)22-15(24)9-23-10-21-16-12-4-3-7-20-18(12)27-17(16)19(23)25/h3-8,10H,9H2,1-2H3,(H,22,24). The SMILES string of the molecule is COc1ccc(C)cc1NC(=O)Cn1cnc2c(sc3ncccc32)c1=O. The van der Waals surface area contributed by atoms with Crippen LogP contribution in [0.25, 0.3) is 20.4 Å². The Bertz CT molecular complexity index is 1230. The first-order valence-corrected chi connectivity index (χ1v) is 9.05. The van der Waals surface area contributed by atoms with Gasteiger partial charge >= 0.3 is 0 Å². The molecule has 3 heterocycles. The minimum atomic E-state index is -0.332. The summed E-state index contributed by atoms with van der Waals surface area (Å²) < 4.78 is 7.06. The molecule has 8 heteroatoms. The van der Waals surface area contributed by atoms with Crippen LogP contribution in [0.3, 0.4) is 0 Å². The van der Waals surface area contributed by atoms with Gasteiger partial charge < -0.3 is 10.1 Å². The van der Waals surface area contributed by atoms with E-state index >= 15 is 0 Å². The zero-order valence-electron chi connectivity index (χ0n) is 14.7. The summed E-state index contributed by atoms with van der Waals surface area (Å²) in [7, 11) is 1.54. The van der Waals surface area contributed by atoms with Crippen molar-refractivity contribution in [3.05, 3.63) is 58.8 Å². The number of thiophene rings is 1. The lowest BCUT2D eigenvalue weighted by atomic mass is 10.2. The van der Waals surface area contributed by atoms with E-state index in [0.29, 0.717) is 21.7 Å². The van der Waals surface area contributed by atoms with Gasteiger partial charge in [-0.1, -0.05) is 6.07 Å². The molecule has 0 spiro atoms. The minimum absolute atomic E-state index is 0.138. The van der Waals surface area contributed by atoms with Crippen molar-refractivity contribution in [2.24, 2.45) is 0 Å². The smallest absolute Gasteiger partial charge is 0.271 e. The largest absolute Gasteiger partial charge is 0.495 e. The molecular weight excluding hydrogens is 364 g/mol. The topological polar surface area (TPSA) is 86.1 Å². The number of amides is 1. The van der Waals surface area contributed by atoms with Crippen molar-refractivity contribution >= 4 is 43.4 Å². The second kappa shape index (κ2) is 6.81. The molecule has 0 radical (unpaired) electrons. The third kappa shape index (κ3) is 3.15. The molecule has 0 unspecified atom stereocenters. The lowest BCUT2D eigenvalue weighted by Crippen LogP contribution is -2.27. The number of methoxy groups -OCH3 is 1. The number of nitrogens with one attached hydrogen (secondary N) is 1. The van der Waals surface area contributed by atoms with Gasteiger partial charge in [-0.15, -0.1) is 11.3 Å². The molecule has 4 rings (SSSR count). The Kier molecular flexibility index (Phi) is 4.33. The number of carbonyl (C=O) groups is 1. The molecule has 7 nitrogen and oxygen atoms in total. The lowest BCUT2D eigenvalue weighted by Gasteiger charge is -2.11. The summed E-state index contributed by atoms with van der Waals surface area (Å²) in [6.07, 6.45) is 3.08. The van der Waals surface area contributed by atoms with Gasteiger partial charge in [-0.25, -0.2) is 9.97 Å². The van der Waals surface area contributed by atoms with Gasteiger partial charge in [0.05, 0.1) is 24.6 Å². The van der Waals surface area contributed by atoms with E-state index in [1.807, 2.05) is 31.2 Å². The molecule has 0 saturated heterocycles. The van der Waals surface area contributed by atoms with E-state index in [9.17, 15) is 9.59 Å². The van der Waals surface area contributed by atoms with Crippen molar-refractivity contribution in [3.63, 3.8) is 0 Å². The highest BCUT2D eigenvalue weighted by atomic mass is 32.1. The van der Waals surface area contributed by atoms with Gasteiger partial charge in [-0.3, -0.25) is 14.2 Å². The summed E-state index contributed by atoms with van der Waals surface area (Å²) in [4.78, 5) is 34.6. The van der Waals surface area contributed by atoms with Crippen LogP contribution in [0.1, 0.15) is 5.56 Å². The van der Waals surface area contributed by atoms with Crippen LogP contribution < -0.4 is 15.6 Å². The Morgan fingerprint density at radius 3 is 2.96 bits per heavy atom. The fourth-order valence-electron chi connectivity index (χ4n) is 2.88. The number of hydrogen-bond donors (Lipinski definition) is 1. The van der Waals surface area contributed by atoms with Crippen molar-refractivity contribution in [2.45, 2.75) is 13.5 Å². The summed E-state index contributed by atoms with van der Waals surface area (Å²) in [6, 6.07) is 9.19. The number of aryl methyl sites for hydroxylation is 1. The van der Waals surface area contributed by atoms with Crippen molar-refractivity contribution < 1.29 is 9.53 Å². The molecule has 4 aromatic rings. The molecule has 0 saturated carbocycles. The van der Waals surface area contributed by atoms with Gasteiger partial charge in [-0.2, -0.15) is 0 Å². The number of rotatable bonds is 4. The van der Waals surface area contributed by atoms with E-state index in [2.05, 4.69) is 15.3 Å². The van der Waals surface area contributed by atoms with E-state index in [1.165, 1.54) is 29.3 Å². The van der Waals surface area contributed by atoms with Crippen LogP contribution in [-0.2, 0) is 11.3 Å². The predicted molar refractivity (Wildman–Crippen MR) is 106 cm³/mol. The lowest BCUT2D eigenvalue weighted by molar-refractivity contribution is -0.116. The van der Waals surface area contributed by atoms with Crippen molar-refractivity contribution in [1.29, 1.82) is 0 Å². The fraction of sp³-hybridized carbons (Fsp3) is 0.158. The maximum absolute atomic E-state index is 12.8. The molecule has 0 aliphatic rings. The summed E-state index contributed by atoms with van der Waals surface area (Å²) in [6.45, 7) is 1.79. The Morgan fingerprint density at radius 1 is 1.30 bits per heavy atom. The van der Waals surface area contributed by atoms with Gasteiger partial charge in [-0.05, 0) is 36.8 Å². The predicted octanol–water partition coefficient (Wildman–Crippen LogP) is 2.96. The maximum atomic E-state index is 12.8. The van der Waals surface area contributed by atoms with Crippen LogP contribution in [0.4, 0.5) is 5.69 Å². The first-order chi connectivity index (χ1) is 13.1. The third-order valence-electron chi connectivity index (χ3n) is 4.16. The molecule has 0 aliphatic heterocycles. The Hall–Kier alpha value is -3.26. The fourth-order valence-corrected chi connectivity index (χ4v) is 3.93. The molecule has 0 bridgehead atoms. The van der Waals surface area contributed by atoms with Crippen molar-refractivity contribution in [1.82, 2.24) is 14.5 Å². The normalized spacial score (nSPS) is 11.0. The minimum Gasteiger partial charge on any atom is -0.495 e. The molecule has 27 heavy (non-hydrogen) atoms. The van der Waals surface area contributed by atoms with E-state index in [0.717, 1.165) is 15.8 Å². The maximum Gasteiger partial charge on any atom is 0.271 e. The highest BCUT2D eigenvalue weighted by Crippen LogP contribution is 2.28. The van der Waals surface area contributed by atoms with Crippen LogP contribution >= 0.6 is 11.3 Å². The van der Waals surface area contributed by atoms with Gasteiger partial charge in [0.1, 0.15) is 21.8 Å². The zero-order valence-corrected chi connectivity index (χ0v) is 15.5.